The second-order valence-corrected chi connectivity index (χ2v) is 7.27. The molecule has 0 saturated heterocycles. The Morgan fingerprint density at radius 3 is 2.65 bits per heavy atom. The molecule has 0 bridgehead atoms. The first-order chi connectivity index (χ1) is 15.2. The van der Waals surface area contributed by atoms with Crippen LogP contribution in [0.3, 0.4) is 0 Å². The Morgan fingerprint density at radius 1 is 1.10 bits per heavy atom. The Morgan fingerprint density at radius 2 is 1.94 bits per heavy atom. The molecule has 0 aliphatic heterocycles. The summed E-state index contributed by atoms with van der Waals surface area (Å²) in [5, 5.41) is 0. The van der Waals surface area contributed by atoms with E-state index in [0.29, 0.717) is 12.2 Å². The number of methoxy groups -OCH3 is 1. The molecule has 0 aliphatic carbocycles. The lowest BCUT2D eigenvalue weighted by Crippen LogP contribution is -2.28. The van der Waals surface area contributed by atoms with Crippen LogP contribution in [0.25, 0.3) is 28.1 Å². The van der Waals surface area contributed by atoms with E-state index in [1.165, 1.54) is 7.11 Å². The maximum Gasteiger partial charge on any atom is 0.347 e. The van der Waals surface area contributed by atoms with Crippen LogP contribution < -0.4 is 4.74 Å². The Kier molecular flexibility index (Phi) is 6.26. The van der Waals surface area contributed by atoms with E-state index in [4.69, 9.17) is 14.5 Å². The third kappa shape index (κ3) is 4.43. The lowest BCUT2D eigenvalue weighted by molar-refractivity contribution is -0.149. The number of hydrogen-bond donors (Lipinski definition) is 0. The summed E-state index contributed by atoms with van der Waals surface area (Å²) in [5.41, 5.74) is 3.63. The number of pyridine rings is 1. The van der Waals surface area contributed by atoms with E-state index < -0.39 is 6.10 Å². The molecule has 0 fully saturated rings. The van der Waals surface area contributed by atoms with Crippen LogP contribution in [0.5, 0.6) is 5.75 Å². The highest BCUT2D eigenvalue weighted by molar-refractivity contribution is 5.84. The summed E-state index contributed by atoms with van der Waals surface area (Å²) in [6, 6.07) is 19.6. The molecule has 0 radical (unpaired) electrons. The number of hydrogen-bond acceptors (Lipinski definition) is 5. The molecule has 2 heterocycles. The Bertz CT molecular complexity index is 1160. The molecule has 4 aromatic rings. The van der Waals surface area contributed by atoms with Gasteiger partial charge in [-0.15, -0.1) is 0 Å². The number of rotatable bonds is 8. The maximum atomic E-state index is 12.1. The first kappa shape index (κ1) is 20.6. The monoisotopic (exact) mass is 415 g/mol. The fourth-order valence-corrected chi connectivity index (χ4v) is 3.57. The van der Waals surface area contributed by atoms with Crippen LogP contribution in [0.15, 0.2) is 73.1 Å². The van der Waals surface area contributed by atoms with Gasteiger partial charge in [0.25, 0.3) is 0 Å². The first-order valence-electron chi connectivity index (χ1n) is 10.4. The summed E-state index contributed by atoms with van der Waals surface area (Å²) >= 11 is 0. The zero-order valence-electron chi connectivity index (χ0n) is 17.7. The van der Waals surface area contributed by atoms with Crippen molar-refractivity contribution in [2.24, 2.45) is 0 Å². The third-order valence-corrected chi connectivity index (χ3v) is 5.12. The van der Waals surface area contributed by atoms with E-state index in [2.05, 4.69) is 16.5 Å². The van der Waals surface area contributed by atoms with Crippen LogP contribution in [0.2, 0.25) is 0 Å². The predicted octanol–water partition coefficient (Wildman–Crippen LogP) is 5.20. The van der Waals surface area contributed by atoms with Gasteiger partial charge >= 0.3 is 5.97 Å². The number of imidazole rings is 1. The molecule has 6 nitrogen and oxygen atoms in total. The smallest absolute Gasteiger partial charge is 0.347 e. The van der Waals surface area contributed by atoms with Crippen LogP contribution in [-0.2, 0) is 9.53 Å². The predicted molar refractivity (Wildman–Crippen MR) is 120 cm³/mol. The number of unbranched alkanes of at least 4 members (excludes halogenated alkanes) is 1. The average molecular weight is 415 g/mol. The van der Waals surface area contributed by atoms with Gasteiger partial charge in [-0.05, 0) is 37.1 Å². The molecule has 2 aromatic carbocycles. The molecular formula is C25H25N3O3. The molecule has 0 saturated carbocycles. The standard InChI is InChI=1S/C25H25N3O3/c1-3-4-12-23(25(29)30-2)31-20-13-14-22-21(16-20)27-24(18-9-6-5-7-10-18)28(22)19-11-8-15-26-17-19/h5-11,13-17,23H,3-4,12H2,1-2H3. The van der Waals surface area contributed by atoms with Crippen LogP contribution >= 0.6 is 0 Å². The second-order valence-electron chi connectivity index (χ2n) is 7.27. The molecule has 6 heteroatoms. The number of ether oxygens (including phenoxy) is 2. The largest absolute Gasteiger partial charge is 0.479 e. The molecule has 0 N–H and O–H groups in total. The van der Waals surface area contributed by atoms with Crippen molar-refractivity contribution in [3.63, 3.8) is 0 Å². The number of aromatic nitrogens is 3. The third-order valence-electron chi connectivity index (χ3n) is 5.12. The zero-order chi connectivity index (χ0) is 21.6. The van der Waals surface area contributed by atoms with Gasteiger partial charge in [0.1, 0.15) is 11.6 Å². The van der Waals surface area contributed by atoms with E-state index in [0.717, 1.165) is 41.0 Å². The lowest BCUT2D eigenvalue weighted by Gasteiger charge is -2.16. The highest BCUT2D eigenvalue weighted by atomic mass is 16.6. The SMILES string of the molecule is CCCCC(Oc1ccc2c(c1)nc(-c1ccccc1)n2-c1cccnc1)C(=O)OC. The van der Waals surface area contributed by atoms with Gasteiger partial charge in [0.05, 0.1) is 30.0 Å². The van der Waals surface area contributed by atoms with Gasteiger partial charge in [-0.2, -0.15) is 0 Å². The summed E-state index contributed by atoms with van der Waals surface area (Å²) in [6.07, 6.45) is 5.41. The Balaban J connectivity index is 1.77. The average Bonchev–Trinajstić information content (AvgIpc) is 3.21. The first-order valence-corrected chi connectivity index (χ1v) is 10.4. The van der Waals surface area contributed by atoms with Crippen molar-refractivity contribution in [1.29, 1.82) is 0 Å². The minimum absolute atomic E-state index is 0.362. The van der Waals surface area contributed by atoms with Gasteiger partial charge in [0, 0.05) is 17.8 Å². The summed E-state index contributed by atoms with van der Waals surface area (Å²) in [5.74, 6) is 1.05. The number of nitrogens with zero attached hydrogens (tertiary/aromatic N) is 3. The van der Waals surface area contributed by atoms with Gasteiger partial charge in [0.2, 0.25) is 0 Å². The van der Waals surface area contributed by atoms with Crippen LogP contribution in [0.1, 0.15) is 26.2 Å². The molecule has 1 unspecified atom stereocenters. The van der Waals surface area contributed by atoms with Gasteiger partial charge in [-0.3, -0.25) is 9.55 Å². The number of carbonyl (C=O) groups excluding carboxylic acids is 1. The molecule has 0 spiro atoms. The van der Waals surface area contributed by atoms with Gasteiger partial charge in [-0.1, -0.05) is 43.7 Å². The highest BCUT2D eigenvalue weighted by Crippen LogP contribution is 2.31. The van der Waals surface area contributed by atoms with Crippen molar-refractivity contribution in [3.8, 4) is 22.8 Å². The number of carbonyl (C=O) groups is 1. The van der Waals surface area contributed by atoms with Crippen molar-refractivity contribution in [3.05, 3.63) is 73.1 Å². The zero-order valence-corrected chi connectivity index (χ0v) is 17.7. The quantitative estimate of drug-likeness (QED) is 0.370. The molecule has 4 rings (SSSR count). The van der Waals surface area contributed by atoms with Gasteiger partial charge in [-0.25, -0.2) is 9.78 Å². The van der Waals surface area contributed by atoms with E-state index in [-0.39, 0.29) is 5.97 Å². The molecular weight excluding hydrogens is 390 g/mol. The number of benzene rings is 2. The van der Waals surface area contributed by atoms with Crippen molar-refractivity contribution in [1.82, 2.24) is 14.5 Å². The normalized spacial score (nSPS) is 11.9. The van der Waals surface area contributed by atoms with Crippen molar-refractivity contribution >= 4 is 17.0 Å². The fourth-order valence-electron chi connectivity index (χ4n) is 3.57. The molecule has 1 atom stereocenters. The fraction of sp³-hybridized carbons (Fsp3) is 0.240. The van der Waals surface area contributed by atoms with Gasteiger partial charge in [0.15, 0.2) is 6.10 Å². The molecule has 2 aromatic heterocycles. The minimum atomic E-state index is -0.628. The van der Waals surface area contributed by atoms with Crippen LogP contribution in [0.4, 0.5) is 0 Å². The topological polar surface area (TPSA) is 66.2 Å². The number of esters is 1. The highest BCUT2D eigenvalue weighted by Gasteiger charge is 2.21. The van der Waals surface area contributed by atoms with Gasteiger partial charge < -0.3 is 9.47 Å². The minimum Gasteiger partial charge on any atom is -0.479 e. The van der Waals surface area contributed by atoms with E-state index >= 15 is 0 Å². The molecule has 158 valence electrons. The van der Waals surface area contributed by atoms with Crippen LogP contribution in [-0.4, -0.2) is 33.7 Å². The summed E-state index contributed by atoms with van der Waals surface area (Å²) in [6.45, 7) is 2.08. The summed E-state index contributed by atoms with van der Waals surface area (Å²) in [7, 11) is 1.38. The van der Waals surface area contributed by atoms with Crippen molar-refractivity contribution in [2.45, 2.75) is 32.3 Å². The van der Waals surface area contributed by atoms with Crippen molar-refractivity contribution < 1.29 is 14.3 Å². The second kappa shape index (κ2) is 9.43. The summed E-state index contributed by atoms with van der Waals surface area (Å²) in [4.78, 5) is 21.3. The molecule has 31 heavy (non-hydrogen) atoms. The maximum absolute atomic E-state index is 12.1. The van der Waals surface area contributed by atoms with Crippen LogP contribution in [0, 0.1) is 0 Å². The van der Waals surface area contributed by atoms with E-state index in [1.54, 1.807) is 6.20 Å². The molecule has 0 amide bonds. The van der Waals surface area contributed by atoms with E-state index in [1.807, 2.05) is 66.9 Å². The van der Waals surface area contributed by atoms with E-state index in [9.17, 15) is 4.79 Å². The number of fused-ring (bicyclic) bond motifs is 1. The lowest BCUT2D eigenvalue weighted by atomic mass is 10.1. The van der Waals surface area contributed by atoms with Crippen molar-refractivity contribution in [2.75, 3.05) is 7.11 Å². The Hall–Kier alpha value is -3.67. The summed E-state index contributed by atoms with van der Waals surface area (Å²) < 4.78 is 13.0. The molecule has 0 aliphatic rings. The Labute approximate surface area is 181 Å².